The molecule has 0 bridgehead atoms. The number of carboxylic acid groups (broad SMARTS) is 1. The lowest BCUT2D eigenvalue weighted by molar-refractivity contribution is -0.141. The predicted octanol–water partition coefficient (Wildman–Crippen LogP) is 0.150. The van der Waals surface area contributed by atoms with Crippen LogP contribution in [0, 0.1) is 0 Å². The molecule has 1 aliphatic heterocycles. The number of carbonyl (C=O) groups excluding carboxylic acids is 2. The van der Waals surface area contributed by atoms with Crippen LogP contribution in [0.25, 0.3) is 0 Å². The van der Waals surface area contributed by atoms with Gasteiger partial charge >= 0.3 is 12.1 Å². The zero-order valence-electron chi connectivity index (χ0n) is 10.8. The van der Waals surface area contributed by atoms with Gasteiger partial charge in [0.2, 0.25) is 5.91 Å². The van der Waals surface area contributed by atoms with Gasteiger partial charge in [-0.1, -0.05) is 0 Å². The van der Waals surface area contributed by atoms with E-state index in [9.17, 15) is 14.4 Å². The second-order valence-electron chi connectivity index (χ2n) is 5.08. The smallest absolute Gasteiger partial charge is 0.416 e. The van der Waals surface area contributed by atoms with Gasteiger partial charge in [-0.25, -0.2) is 9.69 Å². The van der Waals surface area contributed by atoms with Gasteiger partial charge < -0.3 is 9.84 Å². The molecule has 0 aromatic heterocycles. The van der Waals surface area contributed by atoms with Crippen LogP contribution in [0.15, 0.2) is 0 Å². The lowest BCUT2D eigenvalue weighted by Crippen LogP contribution is -2.50. The van der Waals surface area contributed by atoms with Crippen LogP contribution < -0.4 is 0 Å². The van der Waals surface area contributed by atoms with Crippen molar-refractivity contribution in [1.29, 1.82) is 0 Å². The average Bonchev–Trinajstić information content (AvgIpc) is 2.61. The van der Waals surface area contributed by atoms with E-state index in [1.54, 1.807) is 0 Å². The van der Waals surface area contributed by atoms with E-state index in [4.69, 9.17) is 5.11 Å². The summed E-state index contributed by atoms with van der Waals surface area (Å²) in [7, 11) is 0. The van der Waals surface area contributed by atoms with Crippen LogP contribution in [0.3, 0.4) is 0 Å². The number of hydrogen-bond acceptors (Lipinski definition) is 5. The van der Waals surface area contributed by atoms with Crippen molar-refractivity contribution in [3.8, 4) is 0 Å². The Morgan fingerprint density at radius 3 is 2.39 bits per heavy atom. The van der Waals surface area contributed by atoms with E-state index in [2.05, 4.69) is 4.74 Å². The van der Waals surface area contributed by atoms with Crippen LogP contribution >= 0.6 is 0 Å². The quantitative estimate of drug-likeness (QED) is 0.772. The van der Waals surface area contributed by atoms with Crippen LogP contribution in [-0.4, -0.2) is 64.7 Å². The second kappa shape index (κ2) is 5.34. The number of carboxylic acids is 1. The minimum Gasteiger partial charge on any atom is -0.480 e. The largest absolute Gasteiger partial charge is 0.480 e. The third kappa shape index (κ3) is 3.69. The molecule has 2 amide bonds. The Kier molecular flexibility index (Phi) is 4.28. The SMILES string of the molecule is CC(C)(C)N(CC(=O)O)CC(=O)N1CCOC1=O. The zero-order chi connectivity index (χ0) is 13.9. The maximum absolute atomic E-state index is 11.9. The van der Waals surface area contributed by atoms with Crippen molar-refractivity contribution in [3.05, 3.63) is 0 Å². The first kappa shape index (κ1) is 14.4. The number of amides is 2. The average molecular weight is 258 g/mol. The van der Waals surface area contributed by atoms with Crippen LogP contribution in [0.1, 0.15) is 20.8 Å². The van der Waals surface area contributed by atoms with Crippen molar-refractivity contribution in [1.82, 2.24) is 9.80 Å². The Balaban J connectivity index is 2.68. The van der Waals surface area contributed by atoms with Gasteiger partial charge in [-0.05, 0) is 20.8 Å². The minimum absolute atomic E-state index is 0.120. The van der Waals surface area contributed by atoms with Gasteiger partial charge in [0.25, 0.3) is 0 Å². The fraction of sp³-hybridized carbons (Fsp3) is 0.727. The number of imide groups is 1. The van der Waals surface area contributed by atoms with Gasteiger partial charge in [0.05, 0.1) is 19.6 Å². The fourth-order valence-corrected chi connectivity index (χ4v) is 1.56. The first-order valence-corrected chi connectivity index (χ1v) is 5.66. The molecule has 1 heterocycles. The molecule has 1 aliphatic rings. The van der Waals surface area contributed by atoms with Gasteiger partial charge in [0.1, 0.15) is 6.61 Å². The van der Waals surface area contributed by atoms with Crippen LogP contribution in [0.4, 0.5) is 4.79 Å². The molecule has 7 nitrogen and oxygen atoms in total. The van der Waals surface area contributed by atoms with Crippen molar-refractivity contribution in [3.63, 3.8) is 0 Å². The predicted molar refractivity (Wildman–Crippen MR) is 62.0 cm³/mol. The van der Waals surface area contributed by atoms with E-state index >= 15 is 0 Å². The summed E-state index contributed by atoms with van der Waals surface area (Å²) in [6, 6.07) is 0. The first-order valence-electron chi connectivity index (χ1n) is 5.66. The summed E-state index contributed by atoms with van der Waals surface area (Å²) in [6.07, 6.45) is -0.663. The van der Waals surface area contributed by atoms with E-state index in [1.807, 2.05) is 20.8 Å². The molecule has 102 valence electrons. The maximum Gasteiger partial charge on any atom is 0.416 e. The van der Waals surface area contributed by atoms with Crippen molar-refractivity contribution in [2.75, 3.05) is 26.2 Å². The summed E-state index contributed by atoms with van der Waals surface area (Å²) in [4.78, 5) is 36.4. The molecule has 0 unspecified atom stereocenters. The summed E-state index contributed by atoms with van der Waals surface area (Å²) >= 11 is 0. The summed E-state index contributed by atoms with van der Waals surface area (Å²) in [5.41, 5.74) is -0.475. The molecule has 1 N–H and O–H groups in total. The van der Waals surface area contributed by atoms with Gasteiger partial charge in [0.15, 0.2) is 0 Å². The lowest BCUT2D eigenvalue weighted by atomic mass is 10.1. The summed E-state index contributed by atoms with van der Waals surface area (Å²) in [6.45, 7) is 5.48. The summed E-state index contributed by atoms with van der Waals surface area (Å²) in [5.74, 6) is -1.45. The maximum atomic E-state index is 11.9. The van der Waals surface area contributed by atoms with Gasteiger partial charge in [0, 0.05) is 5.54 Å². The highest BCUT2D eigenvalue weighted by Crippen LogP contribution is 2.14. The molecule has 7 heteroatoms. The van der Waals surface area contributed by atoms with Crippen LogP contribution in [0.5, 0.6) is 0 Å². The standard InChI is InChI=1S/C11H18N2O5/c1-11(2,3)12(7-9(15)16)6-8(14)13-4-5-18-10(13)17/h4-7H2,1-3H3,(H,15,16). The molecule has 0 aromatic rings. The third-order valence-electron chi connectivity index (χ3n) is 2.66. The number of nitrogens with zero attached hydrogens (tertiary/aromatic N) is 2. The molecule has 1 saturated heterocycles. The number of hydrogen-bond donors (Lipinski definition) is 1. The molecule has 1 fully saturated rings. The number of carbonyl (C=O) groups is 3. The Labute approximate surface area is 105 Å². The molecule has 0 radical (unpaired) electrons. The molecule has 0 saturated carbocycles. The molecule has 0 aliphatic carbocycles. The van der Waals surface area contributed by atoms with E-state index in [0.29, 0.717) is 0 Å². The highest BCUT2D eigenvalue weighted by atomic mass is 16.6. The molecule has 0 aromatic carbocycles. The second-order valence-corrected chi connectivity index (χ2v) is 5.08. The van der Waals surface area contributed by atoms with Crippen LogP contribution in [-0.2, 0) is 14.3 Å². The van der Waals surface area contributed by atoms with Gasteiger partial charge in [-0.2, -0.15) is 0 Å². The summed E-state index contributed by atoms with van der Waals surface area (Å²) in [5, 5.41) is 8.82. The van der Waals surface area contributed by atoms with Gasteiger partial charge in [-0.3, -0.25) is 14.5 Å². The zero-order valence-corrected chi connectivity index (χ0v) is 10.8. The molecular weight excluding hydrogens is 240 g/mol. The minimum atomic E-state index is -1.01. The summed E-state index contributed by atoms with van der Waals surface area (Å²) < 4.78 is 4.67. The Morgan fingerprint density at radius 1 is 1.39 bits per heavy atom. The van der Waals surface area contributed by atoms with Crippen molar-refractivity contribution < 1.29 is 24.2 Å². The topological polar surface area (TPSA) is 87.2 Å². The lowest BCUT2D eigenvalue weighted by Gasteiger charge is -2.34. The van der Waals surface area contributed by atoms with Crippen LogP contribution in [0.2, 0.25) is 0 Å². The number of aliphatic carboxylic acids is 1. The Morgan fingerprint density at radius 2 is 2.00 bits per heavy atom. The first-order chi connectivity index (χ1) is 8.21. The van der Waals surface area contributed by atoms with E-state index in [0.717, 1.165) is 4.90 Å². The Hall–Kier alpha value is -1.63. The van der Waals surface area contributed by atoms with E-state index in [1.165, 1.54) is 4.90 Å². The molecular formula is C11H18N2O5. The monoisotopic (exact) mass is 258 g/mol. The third-order valence-corrected chi connectivity index (χ3v) is 2.66. The van der Waals surface area contributed by atoms with E-state index in [-0.39, 0.29) is 26.2 Å². The molecule has 1 rings (SSSR count). The number of ether oxygens (including phenoxy) is 1. The molecule has 0 atom stereocenters. The number of rotatable bonds is 4. The van der Waals surface area contributed by atoms with Gasteiger partial charge in [-0.15, -0.1) is 0 Å². The van der Waals surface area contributed by atoms with E-state index < -0.39 is 23.5 Å². The highest BCUT2D eigenvalue weighted by Gasteiger charge is 2.32. The van der Waals surface area contributed by atoms with Crippen molar-refractivity contribution in [2.45, 2.75) is 26.3 Å². The molecule has 18 heavy (non-hydrogen) atoms. The molecule has 0 spiro atoms. The Bertz CT molecular complexity index is 361. The van der Waals surface area contributed by atoms with Crippen molar-refractivity contribution >= 4 is 18.0 Å². The number of cyclic esters (lactones) is 1. The highest BCUT2D eigenvalue weighted by molar-refractivity contribution is 5.94. The fourth-order valence-electron chi connectivity index (χ4n) is 1.56. The normalized spacial score (nSPS) is 16.0. The van der Waals surface area contributed by atoms with Crippen molar-refractivity contribution in [2.24, 2.45) is 0 Å².